The van der Waals surface area contributed by atoms with Gasteiger partial charge >= 0.3 is 5.97 Å². The van der Waals surface area contributed by atoms with Crippen LogP contribution in [0.5, 0.6) is 0 Å². The average molecular weight is 205 g/mol. The standard InChI is InChI=1S/C12H15NO2/c1-10(12(14)15-8-7-13)9-11-5-3-2-4-6-11/h2-6,9H,7-8,13H2,1H3. The first-order chi connectivity index (χ1) is 7.24. The Balaban J connectivity index is 2.63. The molecule has 0 atom stereocenters. The lowest BCUT2D eigenvalue weighted by Gasteiger charge is -2.02. The fourth-order valence-corrected chi connectivity index (χ4v) is 1.12. The molecule has 0 aliphatic rings. The van der Waals surface area contributed by atoms with Crippen LogP contribution in [-0.2, 0) is 9.53 Å². The lowest BCUT2D eigenvalue weighted by Crippen LogP contribution is -2.13. The zero-order valence-corrected chi connectivity index (χ0v) is 8.77. The summed E-state index contributed by atoms with van der Waals surface area (Å²) in [6, 6.07) is 9.63. The predicted molar refractivity (Wildman–Crippen MR) is 60.1 cm³/mol. The van der Waals surface area contributed by atoms with Crippen molar-refractivity contribution in [2.75, 3.05) is 13.2 Å². The SMILES string of the molecule is CC(=Cc1ccccc1)C(=O)OCCN. The Labute approximate surface area is 89.5 Å². The fourth-order valence-electron chi connectivity index (χ4n) is 1.12. The number of rotatable bonds is 4. The summed E-state index contributed by atoms with van der Waals surface area (Å²) in [5, 5.41) is 0. The number of benzene rings is 1. The van der Waals surface area contributed by atoms with Gasteiger partial charge in [-0.05, 0) is 18.6 Å². The summed E-state index contributed by atoms with van der Waals surface area (Å²) in [6.45, 7) is 2.34. The summed E-state index contributed by atoms with van der Waals surface area (Å²) in [6.07, 6.45) is 1.79. The average Bonchev–Trinajstić information content (AvgIpc) is 2.27. The Kier molecular flexibility index (Phi) is 4.57. The first-order valence-electron chi connectivity index (χ1n) is 4.84. The summed E-state index contributed by atoms with van der Waals surface area (Å²) in [5.41, 5.74) is 6.80. The van der Waals surface area contributed by atoms with Crippen molar-refractivity contribution in [1.29, 1.82) is 0 Å². The van der Waals surface area contributed by atoms with E-state index in [1.165, 1.54) is 0 Å². The minimum atomic E-state index is -0.315. The maximum Gasteiger partial charge on any atom is 0.333 e. The van der Waals surface area contributed by atoms with Gasteiger partial charge in [-0.15, -0.1) is 0 Å². The second kappa shape index (κ2) is 5.98. The molecule has 0 aromatic heterocycles. The Morgan fingerprint density at radius 3 is 2.67 bits per heavy atom. The normalized spacial score (nSPS) is 11.2. The summed E-state index contributed by atoms with van der Waals surface area (Å²) >= 11 is 0. The molecule has 1 rings (SSSR count). The molecule has 0 spiro atoms. The van der Waals surface area contributed by atoms with Crippen LogP contribution in [0.1, 0.15) is 12.5 Å². The van der Waals surface area contributed by atoms with Crippen molar-refractivity contribution in [1.82, 2.24) is 0 Å². The molecule has 0 heterocycles. The maximum absolute atomic E-state index is 11.4. The van der Waals surface area contributed by atoms with Crippen molar-refractivity contribution in [3.63, 3.8) is 0 Å². The number of hydrogen-bond acceptors (Lipinski definition) is 3. The van der Waals surface area contributed by atoms with E-state index in [0.717, 1.165) is 5.56 Å². The van der Waals surface area contributed by atoms with E-state index in [9.17, 15) is 4.79 Å². The molecular formula is C12H15NO2. The van der Waals surface area contributed by atoms with Crippen molar-refractivity contribution >= 4 is 12.0 Å². The molecule has 80 valence electrons. The van der Waals surface area contributed by atoms with E-state index in [1.54, 1.807) is 13.0 Å². The Morgan fingerprint density at radius 1 is 1.40 bits per heavy atom. The van der Waals surface area contributed by atoms with Crippen LogP contribution in [0.2, 0.25) is 0 Å². The molecule has 0 saturated carbocycles. The smallest absolute Gasteiger partial charge is 0.333 e. The lowest BCUT2D eigenvalue weighted by atomic mass is 10.1. The molecule has 0 saturated heterocycles. The Bertz CT molecular complexity index is 344. The van der Waals surface area contributed by atoms with Crippen molar-refractivity contribution in [3.05, 3.63) is 41.5 Å². The molecule has 0 aliphatic carbocycles. The predicted octanol–water partition coefficient (Wildman–Crippen LogP) is 1.59. The van der Waals surface area contributed by atoms with Crippen LogP contribution in [-0.4, -0.2) is 19.1 Å². The highest BCUT2D eigenvalue weighted by atomic mass is 16.5. The van der Waals surface area contributed by atoms with Crippen LogP contribution in [0.3, 0.4) is 0 Å². The largest absolute Gasteiger partial charge is 0.461 e. The van der Waals surface area contributed by atoms with E-state index in [-0.39, 0.29) is 12.6 Å². The van der Waals surface area contributed by atoms with Crippen LogP contribution in [0.4, 0.5) is 0 Å². The number of nitrogens with two attached hydrogens (primary N) is 1. The molecule has 0 bridgehead atoms. The number of hydrogen-bond donors (Lipinski definition) is 1. The molecule has 2 N–H and O–H groups in total. The van der Waals surface area contributed by atoms with Crippen molar-refractivity contribution in [2.24, 2.45) is 5.73 Å². The summed E-state index contributed by atoms with van der Waals surface area (Å²) in [5.74, 6) is -0.315. The highest BCUT2D eigenvalue weighted by Gasteiger charge is 2.04. The second-order valence-corrected chi connectivity index (χ2v) is 3.16. The van der Waals surface area contributed by atoms with Crippen LogP contribution >= 0.6 is 0 Å². The zero-order chi connectivity index (χ0) is 11.1. The topological polar surface area (TPSA) is 52.3 Å². The van der Waals surface area contributed by atoms with Crippen LogP contribution < -0.4 is 5.73 Å². The van der Waals surface area contributed by atoms with Crippen molar-refractivity contribution in [2.45, 2.75) is 6.92 Å². The molecular weight excluding hydrogens is 190 g/mol. The van der Waals surface area contributed by atoms with Gasteiger partial charge in [0.05, 0.1) is 0 Å². The second-order valence-electron chi connectivity index (χ2n) is 3.16. The van der Waals surface area contributed by atoms with Gasteiger partial charge in [-0.3, -0.25) is 0 Å². The van der Waals surface area contributed by atoms with Gasteiger partial charge in [0.1, 0.15) is 6.61 Å². The number of carbonyl (C=O) groups is 1. The lowest BCUT2D eigenvalue weighted by molar-refractivity contribution is -0.138. The Morgan fingerprint density at radius 2 is 2.07 bits per heavy atom. The van der Waals surface area contributed by atoms with Crippen LogP contribution in [0, 0.1) is 0 Å². The molecule has 0 amide bonds. The summed E-state index contributed by atoms with van der Waals surface area (Å²) in [7, 11) is 0. The monoisotopic (exact) mass is 205 g/mol. The van der Waals surface area contributed by atoms with Gasteiger partial charge in [-0.2, -0.15) is 0 Å². The van der Waals surface area contributed by atoms with Crippen LogP contribution in [0.25, 0.3) is 6.08 Å². The third-order valence-electron chi connectivity index (χ3n) is 1.86. The van der Waals surface area contributed by atoms with Gasteiger partial charge in [-0.1, -0.05) is 30.3 Å². The molecule has 0 radical (unpaired) electrons. The van der Waals surface area contributed by atoms with Gasteiger partial charge in [-0.25, -0.2) is 4.79 Å². The molecule has 3 nitrogen and oxygen atoms in total. The number of carbonyl (C=O) groups excluding carboxylic acids is 1. The van der Waals surface area contributed by atoms with Crippen molar-refractivity contribution in [3.8, 4) is 0 Å². The number of ether oxygens (including phenoxy) is 1. The van der Waals surface area contributed by atoms with E-state index in [1.807, 2.05) is 30.3 Å². The number of esters is 1. The van der Waals surface area contributed by atoms with Gasteiger partial charge < -0.3 is 10.5 Å². The van der Waals surface area contributed by atoms with E-state index < -0.39 is 0 Å². The first-order valence-corrected chi connectivity index (χ1v) is 4.84. The molecule has 1 aromatic rings. The first kappa shape index (κ1) is 11.5. The summed E-state index contributed by atoms with van der Waals surface area (Å²) in [4.78, 5) is 11.4. The van der Waals surface area contributed by atoms with Gasteiger partial charge in [0.2, 0.25) is 0 Å². The van der Waals surface area contributed by atoms with Gasteiger partial charge in [0.15, 0.2) is 0 Å². The van der Waals surface area contributed by atoms with Crippen LogP contribution in [0.15, 0.2) is 35.9 Å². The fraction of sp³-hybridized carbons (Fsp3) is 0.250. The van der Waals surface area contributed by atoms with E-state index >= 15 is 0 Å². The van der Waals surface area contributed by atoms with Gasteiger partial charge in [0.25, 0.3) is 0 Å². The Hall–Kier alpha value is -1.61. The quantitative estimate of drug-likeness (QED) is 0.600. The minimum absolute atomic E-state index is 0.263. The zero-order valence-electron chi connectivity index (χ0n) is 8.77. The van der Waals surface area contributed by atoms with E-state index in [0.29, 0.717) is 12.1 Å². The third kappa shape index (κ3) is 3.95. The highest BCUT2D eigenvalue weighted by Crippen LogP contribution is 2.07. The molecule has 0 unspecified atom stereocenters. The minimum Gasteiger partial charge on any atom is -0.461 e. The molecule has 3 heteroatoms. The molecule has 0 aliphatic heterocycles. The maximum atomic E-state index is 11.4. The highest BCUT2D eigenvalue weighted by molar-refractivity contribution is 5.92. The van der Waals surface area contributed by atoms with E-state index in [2.05, 4.69) is 0 Å². The molecule has 15 heavy (non-hydrogen) atoms. The van der Waals surface area contributed by atoms with Crippen molar-refractivity contribution < 1.29 is 9.53 Å². The van der Waals surface area contributed by atoms with E-state index in [4.69, 9.17) is 10.5 Å². The molecule has 1 aromatic carbocycles. The van der Waals surface area contributed by atoms with Gasteiger partial charge in [0, 0.05) is 12.1 Å². The molecule has 0 fully saturated rings. The third-order valence-corrected chi connectivity index (χ3v) is 1.86. The summed E-state index contributed by atoms with van der Waals surface area (Å²) < 4.78 is 4.89.